The fourth-order valence-electron chi connectivity index (χ4n) is 6.03. The first-order chi connectivity index (χ1) is 24.5. The van der Waals surface area contributed by atoms with Crippen LogP contribution in [0, 0.1) is 0 Å². The van der Waals surface area contributed by atoms with Crippen LogP contribution in [0.15, 0.2) is 36.5 Å². The summed E-state index contributed by atoms with van der Waals surface area (Å²) in [6.45, 7) is 4.74. The number of unbranched alkanes of at least 4 members (excludes halogenated alkanes) is 23. The van der Waals surface area contributed by atoms with Crippen molar-refractivity contribution in [2.45, 2.75) is 219 Å². The summed E-state index contributed by atoms with van der Waals surface area (Å²) in [6, 6.07) is -0.651. The summed E-state index contributed by atoms with van der Waals surface area (Å²) >= 11 is 0. The van der Waals surface area contributed by atoms with Crippen LogP contribution in [0.4, 0.5) is 0 Å². The van der Waals surface area contributed by atoms with Gasteiger partial charge >= 0.3 is 5.97 Å². The molecule has 0 bridgehead atoms. The van der Waals surface area contributed by atoms with E-state index < -0.39 is 12.1 Å². The lowest BCUT2D eigenvalue weighted by Crippen LogP contribution is -2.45. The quantitative estimate of drug-likeness (QED) is 0.0338. The number of allylic oxidation sites excluding steroid dienone is 5. The number of rotatable bonds is 38. The zero-order chi connectivity index (χ0) is 36.6. The first-order valence-electron chi connectivity index (χ1n) is 21.3. The predicted molar refractivity (Wildman–Crippen MR) is 213 cm³/mol. The summed E-state index contributed by atoms with van der Waals surface area (Å²) < 4.78 is 5.40. The van der Waals surface area contributed by atoms with Gasteiger partial charge in [-0.15, -0.1) is 0 Å². The fourth-order valence-corrected chi connectivity index (χ4v) is 6.03. The van der Waals surface area contributed by atoms with Crippen molar-refractivity contribution in [1.82, 2.24) is 5.32 Å². The van der Waals surface area contributed by atoms with Gasteiger partial charge in [0.2, 0.25) is 5.91 Å². The Balaban J connectivity index is 3.58. The summed E-state index contributed by atoms with van der Waals surface area (Å²) in [5.74, 6) is -0.158. The molecule has 3 N–H and O–H groups in total. The number of hydrogen-bond donors (Lipinski definition) is 3. The average molecular weight is 704 g/mol. The highest BCUT2D eigenvalue weighted by atomic mass is 16.5. The van der Waals surface area contributed by atoms with Gasteiger partial charge in [-0.25, -0.2) is 0 Å². The normalized spacial score (nSPS) is 13.1. The third-order valence-corrected chi connectivity index (χ3v) is 9.38. The second-order valence-electron chi connectivity index (χ2n) is 14.3. The highest BCUT2D eigenvalue weighted by Crippen LogP contribution is 2.12. The molecule has 6 nitrogen and oxygen atoms in total. The van der Waals surface area contributed by atoms with Crippen LogP contribution in [-0.2, 0) is 14.3 Å². The minimum atomic E-state index is -0.863. The second-order valence-corrected chi connectivity index (χ2v) is 14.3. The number of hydrogen-bond acceptors (Lipinski definition) is 5. The van der Waals surface area contributed by atoms with Gasteiger partial charge in [0.1, 0.15) is 0 Å². The molecule has 0 spiro atoms. The van der Waals surface area contributed by atoms with Crippen LogP contribution >= 0.6 is 0 Å². The molecule has 50 heavy (non-hydrogen) atoms. The smallest absolute Gasteiger partial charge is 0.305 e. The van der Waals surface area contributed by atoms with Gasteiger partial charge in [-0.3, -0.25) is 9.59 Å². The standard InChI is InChI=1S/C44H81NO5/c1-3-5-7-9-11-13-14-15-16-17-22-26-30-34-38-44(49)50-39-35-31-27-23-19-18-21-25-29-33-37-43(48)45-41(40-46)42(47)36-32-28-24-20-12-10-8-6-4-2/h14-15,19,23,32,36,41-42,46-47H,3-13,16-18,20-22,24-31,33-35,37-40H2,1-2H3,(H,45,48)/b15-14-,23-19-,36-32+. The van der Waals surface area contributed by atoms with Gasteiger partial charge in [0.05, 0.1) is 25.4 Å². The number of ether oxygens (including phenoxy) is 1. The van der Waals surface area contributed by atoms with Crippen LogP contribution < -0.4 is 5.32 Å². The molecule has 0 saturated carbocycles. The summed E-state index contributed by atoms with van der Waals surface area (Å²) in [4.78, 5) is 24.3. The largest absolute Gasteiger partial charge is 0.466 e. The van der Waals surface area contributed by atoms with Crippen molar-refractivity contribution in [2.24, 2.45) is 0 Å². The van der Waals surface area contributed by atoms with Crippen LogP contribution in [0.3, 0.4) is 0 Å². The maximum absolute atomic E-state index is 12.3. The second kappa shape index (κ2) is 39.9. The minimum absolute atomic E-state index is 0.0489. The number of amides is 1. The highest BCUT2D eigenvalue weighted by Gasteiger charge is 2.17. The van der Waals surface area contributed by atoms with Gasteiger partial charge in [0.15, 0.2) is 0 Å². The van der Waals surface area contributed by atoms with E-state index in [1.54, 1.807) is 6.08 Å². The third-order valence-electron chi connectivity index (χ3n) is 9.38. The number of carbonyl (C=O) groups excluding carboxylic acids is 2. The summed E-state index contributed by atoms with van der Waals surface area (Å²) in [7, 11) is 0. The van der Waals surface area contributed by atoms with E-state index in [4.69, 9.17) is 4.74 Å². The van der Waals surface area contributed by atoms with Crippen LogP contribution in [-0.4, -0.2) is 47.4 Å². The molecule has 0 aliphatic rings. The van der Waals surface area contributed by atoms with Gasteiger partial charge in [0.25, 0.3) is 0 Å². The van der Waals surface area contributed by atoms with E-state index in [0.29, 0.717) is 19.4 Å². The number of esters is 1. The van der Waals surface area contributed by atoms with Crippen molar-refractivity contribution in [3.05, 3.63) is 36.5 Å². The molecule has 0 aliphatic carbocycles. The lowest BCUT2D eigenvalue weighted by atomic mass is 10.1. The van der Waals surface area contributed by atoms with Gasteiger partial charge < -0.3 is 20.3 Å². The monoisotopic (exact) mass is 704 g/mol. The van der Waals surface area contributed by atoms with E-state index in [1.807, 2.05) is 6.08 Å². The number of nitrogens with one attached hydrogen (secondary N) is 1. The molecule has 0 aliphatic heterocycles. The average Bonchev–Trinajstić information content (AvgIpc) is 3.11. The molecule has 0 saturated heterocycles. The topological polar surface area (TPSA) is 95.9 Å². The first kappa shape index (κ1) is 48.1. The predicted octanol–water partition coefficient (Wildman–Crippen LogP) is 11.8. The Kier molecular flexibility index (Phi) is 38.3. The Labute approximate surface area is 309 Å². The van der Waals surface area contributed by atoms with E-state index in [1.165, 1.54) is 103 Å². The summed E-state index contributed by atoms with van der Waals surface area (Å²) in [6.07, 6.45) is 45.6. The molecule has 0 aromatic heterocycles. The van der Waals surface area contributed by atoms with Crippen LogP contribution in [0.2, 0.25) is 0 Å². The molecule has 2 atom stereocenters. The molecule has 6 heteroatoms. The Morgan fingerprint density at radius 2 is 0.940 bits per heavy atom. The molecule has 292 valence electrons. The Morgan fingerprint density at radius 3 is 1.42 bits per heavy atom. The van der Waals surface area contributed by atoms with Gasteiger partial charge in [-0.2, -0.15) is 0 Å². The summed E-state index contributed by atoms with van der Waals surface area (Å²) in [5.41, 5.74) is 0. The Hall–Kier alpha value is -1.92. The molecule has 2 unspecified atom stereocenters. The molecule has 0 rings (SSSR count). The molecule has 0 aromatic rings. The zero-order valence-electron chi connectivity index (χ0n) is 32.9. The maximum atomic E-state index is 12.3. The van der Waals surface area contributed by atoms with Gasteiger partial charge in [-0.1, -0.05) is 147 Å². The van der Waals surface area contributed by atoms with E-state index in [-0.39, 0.29) is 18.5 Å². The number of aliphatic hydroxyl groups excluding tert-OH is 2. The first-order valence-corrected chi connectivity index (χ1v) is 21.3. The zero-order valence-corrected chi connectivity index (χ0v) is 32.9. The van der Waals surface area contributed by atoms with E-state index in [9.17, 15) is 19.8 Å². The number of aliphatic hydroxyl groups is 2. The van der Waals surface area contributed by atoms with E-state index in [2.05, 4.69) is 43.5 Å². The van der Waals surface area contributed by atoms with Crippen molar-refractivity contribution in [3.63, 3.8) is 0 Å². The van der Waals surface area contributed by atoms with Crippen LogP contribution in [0.25, 0.3) is 0 Å². The molecule has 1 amide bonds. The Morgan fingerprint density at radius 1 is 0.540 bits per heavy atom. The van der Waals surface area contributed by atoms with Gasteiger partial charge in [-0.05, 0) is 83.5 Å². The molecule has 0 aromatic carbocycles. The van der Waals surface area contributed by atoms with Crippen LogP contribution in [0.5, 0.6) is 0 Å². The highest BCUT2D eigenvalue weighted by molar-refractivity contribution is 5.76. The number of carbonyl (C=O) groups is 2. The van der Waals surface area contributed by atoms with Crippen molar-refractivity contribution >= 4 is 11.9 Å². The lowest BCUT2D eigenvalue weighted by molar-refractivity contribution is -0.143. The fraction of sp³-hybridized carbons (Fsp3) is 0.818. The molecule has 0 heterocycles. The van der Waals surface area contributed by atoms with Crippen molar-refractivity contribution < 1.29 is 24.5 Å². The maximum Gasteiger partial charge on any atom is 0.305 e. The van der Waals surface area contributed by atoms with E-state index in [0.717, 1.165) is 77.0 Å². The molecular weight excluding hydrogens is 622 g/mol. The van der Waals surface area contributed by atoms with Crippen molar-refractivity contribution in [2.75, 3.05) is 13.2 Å². The van der Waals surface area contributed by atoms with Gasteiger partial charge in [0, 0.05) is 12.8 Å². The third kappa shape index (κ3) is 35.9. The molecular formula is C44H81NO5. The van der Waals surface area contributed by atoms with Crippen molar-refractivity contribution in [3.8, 4) is 0 Å². The minimum Gasteiger partial charge on any atom is -0.466 e. The van der Waals surface area contributed by atoms with E-state index >= 15 is 0 Å². The Bertz CT molecular complexity index is 823. The summed E-state index contributed by atoms with van der Waals surface area (Å²) in [5, 5.41) is 22.8. The lowest BCUT2D eigenvalue weighted by Gasteiger charge is -2.20. The SMILES string of the molecule is CCCCCCC/C=C\CCCCCCCC(=O)OCCCC/C=C\CCCCCCC(=O)NC(CO)C(O)/C=C/CCCCCCCCC. The van der Waals surface area contributed by atoms with Crippen molar-refractivity contribution in [1.29, 1.82) is 0 Å². The molecule has 0 fully saturated rings. The van der Waals surface area contributed by atoms with Crippen LogP contribution in [0.1, 0.15) is 206 Å². The molecule has 0 radical (unpaired) electrons.